The van der Waals surface area contributed by atoms with E-state index in [2.05, 4.69) is 15.8 Å². The molecule has 0 radical (unpaired) electrons. The molecule has 0 unspecified atom stereocenters. The molecule has 0 aromatic heterocycles. The van der Waals surface area contributed by atoms with Crippen molar-refractivity contribution in [2.24, 2.45) is 5.10 Å². The van der Waals surface area contributed by atoms with Crippen molar-refractivity contribution in [2.75, 3.05) is 11.1 Å². The molecule has 0 bridgehead atoms. The van der Waals surface area contributed by atoms with Crippen molar-refractivity contribution >= 4 is 35.0 Å². The first kappa shape index (κ1) is 17.2. The summed E-state index contributed by atoms with van der Waals surface area (Å²) in [5.41, 5.74) is 5.04. The topological polar surface area (TPSA) is 70.6 Å². The van der Waals surface area contributed by atoms with Gasteiger partial charge in [-0.15, -0.1) is 11.8 Å². The van der Waals surface area contributed by atoms with Crippen molar-refractivity contribution in [1.29, 1.82) is 0 Å². The third-order valence-corrected chi connectivity index (χ3v) is 4.73. The highest BCUT2D eigenvalue weighted by Crippen LogP contribution is 2.30. The van der Waals surface area contributed by atoms with Gasteiger partial charge in [-0.05, 0) is 37.3 Å². The van der Waals surface area contributed by atoms with Gasteiger partial charge in [-0.25, -0.2) is 9.82 Å². The largest absolute Gasteiger partial charge is 0.329 e. The molecule has 0 fully saturated rings. The number of fused-ring (bicyclic) bond motifs is 1. The van der Waals surface area contributed by atoms with Gasteiger partial charge in [0.05, 0.1) is 5.71 Å². The van der Waals surface area contributed by atoms with Crippen molar-refractivity contribution < 1.29 is 14.0 Å². The number of benzene rings is 2. The molecule has 128 valence electrons. The van der Waals surface area contributed by atoms with Crippen LogP contribution in [0.1, 0.15) is 17.5 Å². The van der Waals surface area contributed by atoms with Crippen LogP contribution in [-0.4, -0.2) is 23.3 Å². The Morgan fingerprint density at radius 3 is 2.64 bits per heavy atom. The lowest BCUT2D eigenvalue weighted by Gasteiger charge is -2.17. The van der Waals surface area contributed by atoms with E-state index in [9.17, 15) is 14.0 Å². The summed E-state index contributed by atoms with van der Waals surface area (Å²) >= 11 is 1.61. The van der Waals surface area contributed by atoms with E-state index in [0.717, 1.165) is 16.2 Å². The molecule has 2 aromatic carbocycles. The molecule has 2 N–H and O–H groups in total. The van der Waals surface area contributed by atoms with Gasteiger partial charge in [0.1, 0.15) is 5.82 Å². The van der Waals surface area contributed by atoms with Crippen molar-refractivity contribution in [3.8, 4) is 0 Å². The van der Waals surface area contributed by atoms with Gasteiger partial charge in [0, 0.05) is 28.3 Å². The van der Waals surface area contributed by atoms with Crippen LogP contribution < -0.4 is 10.7 Å². The summed E-state index contributed by atoms with van der Waals surface area (Å²) in [7, 11) is 0. The lowest BCUT2D eigenvalue weighted by Crippen LogP contribution is -2.33. The van der Waals surface area contributed by atoms with E-state index in [-0.39, 0.29) is 5.82 Å². The predicted octanol–water partition coefficient (Wildman–Crippen LogP) is 3.09. The van der Waals surface area contributed by atoms with Crippen LogP contribution in [0.4, 0.5) is 10.1 Å². The van der Waals surface area contributed by atoms with Gasteiger partial charge < -0.3 is 5.32 Å². The highest BCUT2D eigenvalue weighted by atomic mass is 32.2. The number of nitrogens with one attached hydrogen (secondary N) is 2. The van der Waals surface area contributed by atoms with Gasteiger partial charge >= 0.3 is 11.8 Å². The Morgan fingerprint density at radius 1 is 1.12 bits per heavy atom. The summed E-state index contributed by atoms with van der Waals surface area (Å²) in [6.45, 7) is 1.93. The Balaban J connectivity index is 1.67. The second kappa shape index (κ2) is 7.48. The predicted molar refractivity (Wildman–Crippen MR) is 96.2 cm³/mol. The zero-order valence-corrected chi connectivity index (χ0v) is 14.3. The molecule has 7 heteroatoms. The Kier molecular flexibility index (Phi) is 5.14. The van der Waals surface area contributed by atoms with Gasteiger partial charge in [-0.3, -0.25) is 9.59 Å². The van der Waals surface area contributed by atoms with Crippen LogP contribution >= 0.6 is 11.8 Å². The quantitative estimate of drug-likeness (QED) is 0.641. The fourth-order valence-corrected chi connectivity index (χ4v) is 3.37. The van der Waals surface area contributed by atoms with Crippen molar-refractivity contribution in [1.82, 2.24) is 5.43 Å². The van der Waals surface area contributed by atoms with E-state index in [0.29, 0.717) is 23.4 Å². The Morgan fingerprint density at radius 2 is 1.88 bits per heavy atom. The smallest absolute Gasteiger partial charge is 0.318 e. The molecule has 1 aliphatic rings. The molecule has 0 saturated heterocycles. The van der Waals surface area contributed by atoms with Crippen LogP contribution in [0.5, 0.6) is 0 Å². The van der Waals surface area contributed by atoms with Crippen molar-refractivity contribution in [3.63, 3.8) is 0 Å². The molecule has 1 aliphatic heterocycles. The third-order valence-electron chi connectivity index (χ3n) is 3.66. The molecule has 2 aromatic rings. The maximum absolute atomic E-state index is 13.4. The van der Waals surface area contributed by atoms with Crippen LogP contribution in [0.3, 0.4) is 0 Å². The van der Waals surface area contributed by atoms with E-state index < -0.39 is 11.8 Å². The normalized spacial score (nSPS) is 14.7. The van der Waals surface area contributed by atoms with E-state index in [1.165, 1.54) is 12.1 Å². The molecule has 0 spiro atoms. The van der Waals surface area contributed by atoms with Crippen LogP contribution in [0, 0.1) is 12.7 Å². The molecular weight excluding hydrogens is 341 g/mol. The van der Waals surface area contributed by atoms with Crippen molar-refractivity contribution in [2.45, 2.75) is 18.2 Å². The number of thioether (sulfide) groups is 1. The Bertz CT molecular complexity index is 850. The van der Waals surface area contributed by atoms with Crippen LogP contribution in [0.15, 0.2) is 52.5 Å². The number of hydrogen-bond donors (Lipinski definition) is 2. The molecule has 0 saturated carbocycles. The molecule has 25 heavy (non-hydrogen) atoms. The first-order chi connectivity index (χ1) is 12.0. The standard InChI is InChI=1S/C18H16FN3O2S/c1-11-2-5-13(6-3-11)20-17(23)18(24)22-21-15-8-9-25-16-7-4-12(19)10-14(15)16/h2-7,10H,8-9H2,1H3,(H,20,23)(H,22,24)/b21-15-. The maximum atomic E-state index is 13.4. The molecule has 2 amide bonds. The number of nitrogens with zero attached hydrogens (tertiary/aromatic N) is 1. The minimum atomic E-state index is -0.871. The van der Waals surface area contributed by atoms with E-state index in [1.807, 2.05) is 19.1 Å². The maximum Gasteiger partial charge on any atom is 0.329 e. The summed E-state index contributed by atoms with van der Waals surface area (Å²) in [5.74, 6) is -1.26. The molecule has 3 rings (SSSR count). The highest BCUT2D eigenvalue weighted by molar-refractivity contribution is 7.99. The summed E-state index contributed by atoms with van der Waals surface area (Å²) < 4.78 is 13.4. The third kappa shape index (κ3) is 4.24. The molecule has 5 nitrogen and oxygen atoms in total. The zero-order chi connectivity index (χ0) is 17.8. The Hall–Kier alpha value is -2.67. The number of carbonyl (C=O) groups excluding carboxylic acids is 2. The highest BCUT2D eigenvalue weighted by Gasteiger charge is 2.18. The van der Waals surface area contributed by atoms with E-state index in [1.54, 1.807) is 30.0 Å². The SMILES string of the molecule is Cc1ccc(NC(=O)C(=O)N/N=C2/CCSc3ccc(F)cc32)cc1. The number of halogens is 1. The van der Waals surface area contributed by atoms with E-state index >= 15 is 0 Å². The van der Waals surface area contributed by atoms with Gasteiger partial charge in [-0.2, -0.15) is 5.10 Å². The molecule has 1 heterocycles. The average molecular weight is 357 g/mol. The molecular formula is C18H16FN3O2S. The molecule has 0 aliphatic carbocycles. The number of rotatable bonds is 2. The first-order valence-corrected chi connectivity index (χ1v) is 8.69. The summed E-state index contributed by atoms with van der Waals surface area (Å²) in [4.78, 5) is 24.7. The second-order valence-corrected chi connectivity index (χ2v) is 6.70. The fraction of sp³-hybridized carbons (Fsp3) is 0.167. The number of anilines is 1. The number of hydrogen-bond acceptors (Lipinski definition) is 4. The fourth-order valence-electron chi connectivity index (χ4n) is 2.36. The van der Waals surface area contributed by atoms with Crippen LogP contribution in [-0.2, 0) is 9.59 Å². The number of amides is 2. The van der Waals surface area contributed by atoms with Crippen LogP contribution in [0.2, 0.25) is 0 Å². The minimum Gasteiger partial charge on any atom is -0.318 e. The van der Waals surface area contributed by atoms with Gasteiger partial charge in [0.2, 0.25) is 0 Å². The number of aryl methyl sites for hydroxylation is 1. The number of carbonyl (C=O) groups is 2. The van der Waals surface area contributed by atoms with Gasteiger partial charge in [-0.1, -0.05) is 17.7 Å². The lowest BCUT2D eigenvalue weighted by atomic mass is 10.1. The molecule has 0 atom stereocenters. The van der Waals surface area contributed by atoms with Crippen LogP contribution in [0.25, 0.3) is 0 Å². The van der Waals surface area contributed by atoms with Gasteiger partial charge in [0.15, 0.2) is 0 Å². The first-order valence-electron chi connectivity index (χ1n) is 7.70. The second-order valence-electron chi connectivity index (χ2n) is 5.56. The minimum absolute atomic E-state index is 0.364. The zero-order valence-electron chi connectivity index (χ0n) is 13.5. The summed E-state index contributed by atoms with van der Waals surface area (Å²) in [6.07, 6.45) is 0.584. The van der Waals surface area contributed by atoms with E-state index in [4.69, 9.17) is 0 Å². The van der Waals surface area contributed by atoms with Gasteiger partial charge in [0.25, 0.3) is 0 Å². The van der Waals surface area contributed by atoms with Crippen molar-refractivity contribution in [3.05, 3.63) is 59.4 Å². The average Bonchev–Trinajstić information content (AvgIpc) is 2.61. The Labute approximate surface area is 148 Å². The summed E-state index contributed by atoms with van der Waals surface area (Å²) in [5, 5.41) is 6.52. The monoisotopic (exact) mass is 357 g/mol. The number of hydrazone groups is 1. The summed E-state index contributed by atoms with van der Waals surface area (Å²) in [6, 6.07) is 11.6. The lowest BCUT2D eigenvalue weighted by molar-refractivity contribution is -0.136.